The Morgan fingerprint density at radius 2 is 1.76 bits per heavy atom. The van der Waals surface area contributed by atoms with E-state index in [1.165, 1.54) is 6.92 Å². The molecule has 0 aromatic heterocycles. The van der Waals surface area contributed by atoms with Gasteiger partial charge >= 0.3 is 5.97 Å². The highest BCUT2D eigenvalue weighted by Gasteiger charge is 2.16. The van der Waals surface area contributed by atoms with Crippen LogP contribution in [0.1, 0.15) is 24.2 Å². The van der Waals surface area contributed by atoms with Crippen molar-refractivity contribution in [1.29, 1.82) is 0 Å². The smallest absolute Gasteiger partial charge is 0.325 e. The number of rotatable bonds is 8. The van der Waals surface area contributed by atoms with E-state index in [9.17, 15) is 19.2 Å². The summed E-state index contributed by atoms with van der Waals surface area (Å²) < 4.78 is 5.57. The van der Waals surface area contributed by atoms with Gasteiger partial charge < -0.3 is 20.7 Å². The molecule has 0 aliphatic rings. The van der Waals surface area contributed by atoms with Gasteiger partial charge in [-0.2, -0.15) is 0 Å². The first kappa shape index (κ1) is 20.6. The monoisotopic (exact) mass is 413 g/mol. The zero-order valence-electron chi connectivity index (χ0n) is 13.9. The molecule has 3 N–H and O–H groups in total. The van der Waals surface area contributed by atoms with E-state index in [0.717, 1.165) is 4.47 Å². The molecule has 8 nitrogen and oxygen atoms in total. The highest BCUT2D eigenvalue weighted by Crippen LogP contribution is 2.10. The third kappa shape index (κ3) is 7.79. The third-order valence-electron chi connectivity index (χ3n) is 2.99. The molecule has 136 valence electrons. The number of nitrogens with one attached hydrogen (secondary N) is 3. The average Bonchev–Trinajstić information content (AvgIpc) is 2.58. The minimum absolute atomic E-state index is 0.330. The van der Waals surface area contributed by atoms with E-state index in [-0.39, 0.29) is 12.5 Å². The molecule has 0 aliphatic carbocycles. The fourth-order valence-corrected chi connectivity index (χ4v) is 1.99. The van der Waals surface area contributed by atoms with Gasteiger partial charge in [-0.3, -0.25) is 19.2 Å². The van der Waals surface area contributed by atoms with Gasteiger partial charge in [0.05, 0.1) is 0 Å². The summed E-state index contributed by atoms with van der Waals surface area (Å²) in [5.74, 6) is -2.12. The van der Waals surface area contributed by atoms with Crippen molar-refractivity contribution in [2.75, 3.05) is 19.7 Å². The summed E-state index contributed by atoms with van der Waals surface area (Å²) in [5.41, 5.74) is 0.393. The molecule has 0 saturated carbocycles. The fraction of sp³-hybridized carbons (Fsp3) is 0.375. The normalized spacial score (nSPS) is 11.2. The topological polar surface area (TPSA) is 114 Å². The molecule has 0 heterocycles. The molecule has 0 aliphatic heterocycles. The molecule has 0 spiro atoms. The Bertz CT molecular complexity index is 633. The summed E-state index contributed by atoms with van der Waals surface area (Å²) in [7, 11) is 0. The molecule has 1 aromatic rings. The van der Waals surface area contributed by atoms with Crippen LogP contribution < -0.4 is 16.0 Å². The summed E-state index contributed by atoms with van der Waals surface area (Å²) in [6.07, 6.45) is 0. The molecule has 9 heteroatoms. The standard InChI is InChI=1S/C16H20BrN3O5/c1-3-18-15(23)10(2)20-13(21)9-25-14(22)8-19-16(24)11-4-6-12(17)7-5-11/h4-7,10H,3,8-9H2,1-2H3,(H,18,23)(H,19,24)(H,20,21)/t10-/m0/s1. The van der Waals surface area contributed by atoms with E-state index in [1.807, 2.05) is 0 Å². The van der Waals surface area contributed by atoms with Crippen LogP contribution in [0.15, 0.2) is 28.7 Å². The van der Waals surface area contributed by atoms with E-state index >= 15 is 0 Å². The van der Waals surface area contributed by atoms with E-state index in [1.54, 1.807) is 31.2 Å². The zero-order chi connectivity index (χ0) is 18.8. The van der Waals surface area contributed by atoms with Crippen molar-refractivity contribution >= 4 is 39.6 Å². The van der Waals surface area contributed by atoms with Crippen LogP contribution >= 0.6 is 15.9 Å². The molecule has 1 atom stereocenters. The van der Waals surface area contributed by atoms with E-state index in [4.69, 9.17) is 4.74 Å². The predicted octanol–water partition coefficient (Wildman–Crippen LogP) is 0.363. The second-order valence-corrected chi connectivity index (χ2v) is 5.95. The van der Waals surface area contributed by atoms with Crippen LogP contribution in [0.3, 0.4) is 0 Å². The molecule has 3 amide bonds. The zero-order valence-corrected chi connectivity index (χ0v) is 15.5. The minimum atomic E-state index is -0.758. The summed E-state index contributed by atoms with van der Waals surface area (Å²) in [5, 5.41) is 7.34. The van der Waals surface area contributed by atoms with Crippen LogP contribution in [-0.2, 0) is 19.1 Å². The highest BCUT2D eigenvalue weighted by molar-refractivity contribution is 9.10. The van der Waals surface area contributed by atoms with E-state index in [0.29, 0.717) is 12.1 Å². The van der Waals surface area contributed by atoms with Crippen LogP contribution in [0.25, 0.3) is 0 Å². The number of carbonyl (C=O) groups is 4. The number of likely N-dealkylation sites (N-methyl/N-ethyl adjacent to an activating group) is 1. The van der Waals surface area contributed by atoms with Crippen LogP contribution in [0.4, 0.5) is 0 Å². The lowest BCUT2D eigenvalue weighted by molar-refractivity contribution is -0.147. The molecule has 0 unspecified atom stereocenters. The highest BCUT2D eigenvalue weighted by atomic mass is 79.9. The number of ether oxygens (including phenoxy) is 1. The van der Waals surface area contributed by atoms with Crippen LogP contribution in [0, 0.1) is 0 Å². The first-order valence-electron chi connectivity index (χ1n) is 7.60. The van der Waals surface area contributed by atoms with Crippen molar-refractivity contribution in [3.8, 4) is 0 Å². The predicted molar refractivity (Wildman–Crippen MR) is 93.7 cm³/mol. The number of esters is 1. The third-order valence-corrected chi connectivity index (χ3v) is 3.51. The van der Waals surface area contributed by atoms with Crippen molar-refractivity contribution in [3.05, 3.63) is 34.3 Å². The van der Waals surface area contributed by atoms with Crippen LogP contribution in [0.2, 0.25) is 0 Å². The van der Waals surface area contributed by atoms with Crippen molar-refractivity contribution in [2.45, 2.75) is 19.9 Å². The Balaban J connectivity index is 2.30. The van der Waals surface area contributed by atoms with Gasteiger partial charge in [-0.05, 0) is 38.1 Å². The maximum Gasteiger partial charge on any atom is 0.325 e. The first-order chi connectivity index (χ1) is 11.8. The fourth-order valence-electron chi connectivity index (χ4n) is 1.73. The van der Waals surface area contributed by atoms with E-state index < -0.39 is 30.4 Å². The Morgan fingerprint density at radius 3 is 2.36 bits per heavy atom. The Morgan fingerprint density at radius 1 is 1.12 bits per heavy atom. The maximum atomic E-state index is 11.8. The quantitative estimate of drug-likeness (QED) is 0.532. The molecule has 0 saturated heterocycles. The second-order valence-electron chi connectivity index (χ2n) is 5.03. The number of halogens is 1. The van der Waals surface area contributed by atoms with Gasteiger partial charge in [0, 0.05) is 16.6 Å². The molecule has 0 radical (unpaired) electrons. The van der Waals surface area contributed by atoms with Gasteiger partial charge in [0.25, 0.3) is 11.8 Å². The summed E-state index contributed by atoms with van der Waals surface area (Å²) in [6, 6.07) is 5.87. The maximum absolute atomic E-state index is 11.8. The number of amides is 3. The molecular weight excluding hydrogens is 394 g/mol. The van der Waals surface area contributed by atoms with Gasteiger partial charge in [0.15, 0.2) is 6.61 Å². The molecule has 0 bridgehead atoms. The van der Waals surface area contributed by atoms with Gasteiger partial charge in [-0.15, -0.1) is 0 Å². The van der Waals surface area contributed by atoms with Gasteiger partial charge in [-0.1, -0.05) is 15.9 Å². The lowest BCUT2D eigenvalue weighted by Gasteiger charge is -2.13. The molecule has 25 heavy (non-hydrogen) atoms. The minimum Gasteiger partial charge on any atom is -0.454 e. The molecular formula is C16H20BrN3O5. The summed E-state index contributed by atoms with van der Waals surface area (Å²) >= 11 is 3.26. The summed E-state index contributed by atoms with van der Waals surface area (Å²) in [6.45, 7) is 2.83. The van der Waals surface area contributed by atoms with Gasteiger partial charge in [0.2, 0.25) is 5.91 Å². The second kappa shape index (κ2) is 10.4. The van der Waals surface area contributed by atoms with Crippen molar-refractivity contribution in [2.24, 2.45) is 0 Å². The lowest BCUT2D eigenvalue weighted by atomic mass is 10.2. The van der Waals surface area contributed by atoms with Crippen molar-refractivity contribution in [1.82, 2.24) is 16.0 Å². The van der Waals surface area contributed by atoms with E-state index in [2.05, 4.69) is 31.9 Å². The van der Waals surface area contributed by atoms with Crippen LogP contribution in [-0.4, -0.2) is 49.4 Å². The summed E-state index contributed by atoms with van der Waals surface area (Å²) in [4.78, 5) is 46.4. The molecule has 0 fully saturated rings. The van der Waals surface area contributed by atoms with Crippen molar-refractivity contribution in [3.63, 3.8) is 0 Å². The lowest BCUT2D eigenvalue weighted by Crippen LogP contribution is -2.46. The van der Waals surface area contributed by atoms with Crippen LogP contribution in [0.5, 0.6) is 0 Å². The Kier molecular flexibility index (Phi) is 8.62. The molecule has 1 aromatic carbocycles. The average molecular weight is 414 g/mol. The number of hydrogen-bond acceptors (Lipinski definition) is 5. The van der Waals surface area contributed by atoms with Crippen molar-refractivity contribution < 1.29 is 23.9 Å². The number of hydrogen-bond donors (Lipinski definition) is 3. The first-order valence-corrected chi connectivity index (χ1v) is 8.39. The molecule has 1 rings (SSSR count). The Labute approximate surface area is 153 Å². The Hall–Kier alpha value is -2.42. The SMILES string of the molecule is CCNC(=O)[C@H](C)NC(=O)COC(=O)CNC(=O)c1ccc(Br)cc1. The number of carbonyl (C=O) groups excluding carboxylic acids is 4. The van der Waals surface area contributed by atoms with Gasteiger partial charge in [-0.25, -0.2) is 0 Å². The van der Waals surface area contributed by atoms with Gasteiger partial charge in [0.1, 0.15) is 12.6 Å². The largest absolute Gasteiger partial charge is 0.454 e. The number of benzene rings is 1.